The monoisotopic (exact) mass is 538 g/mol. The quantitative estimate of drug-likeness (QED) is 0.141. The number of carbonyl (C=O) groups is 2. The van der Waals surface area contributed by atoms with Gasteiger partial charge < -0.3 is 14.8 Å². The van der Waals surface area contributed by atoms with Crippen LogP contribution in [0.4, 0.5) is 0 Å². The zero-order chi connectivity index (χ0) is 27.5. The third-order valence-electron chi connectivity index (χ3n) is 6.19. The van der Waals surface area contributed by atoms with E-state index in [0.29, 0.717) is 29.1 Å². The summed E-state index contributed by atoms with van der Waals surface area (Å²) in [7, 11) is 0. The largest absolute Gasteiger partial charge is 0.489 e. The molecular formula is C29H34N2O6S. The summed E-state index contributed by atoms with van der Waals surface area (Å²) in [6.07, 6.45) is 3.39. The van der Waals surface area contributed by atoms with Crippen molar-refractivity contribution in [3.05, 3.63) is 98.5 Å². The molecule has 0 radical (unpaired) electrons. The molecule has 202 valence electrons. The van der Waals surface area contributed by atoms with Gasteiger partial charge in [-0.15, -0.1) is 0 Å². The standard InChI is InChI=1S/C29H34N2O6S/c1-20-26(29(33)36-17-11-4-5-12-18-38-22(3)32)27(28(31(34)35)21(2)30-20)24-15-9-10-16-25(24)37-19-23-13-7-6-8-14-23/h6-10,13-16,27,30H,4-5,11-12,17-19H2,1-3H3. The molecule has 1 heterocycles. The van der Waals surface area contributed by atoms with Crippen molar-refractivity contribution in [3.63, 3.8) is 0 Å². The maximum absolute atomic E-state index is 13.3. The molecule has 1 aliphatic rings. The van der Waals surface area contributed by atoms with Gasteiger partial charge in [0.2, 0.25) is 0 Å². The molecule has 1 atom stereocenters. The maximum Gasteiger partial charge on any atom is 0.336 e. The smallest absolute Gasteiger partial charge is 0.336 e. The minimum absolute atomic E-state index is 0.110. The van der Waals surface area contributed by atoms with Crippen molar-refractivity contribution in [1.82, 2.24) is 5.32 Å². The highest BCUT2D eigenvalue weighted by molar-refractivity contribution is 8.13. The van der Waals surface area contributed by atoms with Gasteiger partial charge in [-0.3, -0.25) is 14.9 Å². The van der Waals surface area contributed by atoms with Gasteiger partial charge in [0.1, 0.15) is 18.3 Å². The number of carbonyl (C=O) groups excluding carboxylic acids is 2. The predicted octanol–water partition coefficient (Wildman–Crippen LogP) is 6.12. The van der Waals surface area contributed by atoms with Gasteiger partial charge >= 0.3 is 5.97 Å². The van der Waals surface area contributed by atoms with Gasteiger partial charge in [0.15, 0.2) is 5.12 Å². The Hall–Kier alpha value is -3.59. The number of esters is 1. The fourth-order valence-corrected chi connectivity index (χ4v) is 5.04. The molecule has 1 unspecified atom stereocenters. The van der Waals surface area contributed by atoms with Crippen molar-refractivity contribution in [2.75, 3.05) is 12.4 Å². The molecule has 9 heteroatoms. The molecule has 38 heavy (non-hydrogen) atoms. The predicted molar refractivity (Wildman–Crippen MR) is 148 cm³/mol. The van der Waals surface area contributed by atoms with Crippen LogP contribution in [0.3, 0.4) is 0 Å². The van der Waals surface area contributed by atoms with E-state index in [-0.39, 0.29) is 29.6 Å². The first kappa shape index (κ1) is 29.0. The number of hydrogen-bond acceptors (Lipinski definition) is 8. The first-order chi connectivity index (χ1) is 18.3. The van der Waals surface area contributed by atoms with Crippen LogP contribution in [0.1, 0.15) is 63.5 Å². The number of unbranched alkanes of at least 4 members (excludes halogenated alkanes) is 3. The molecular weight excluding hydrogens is 504 g/mol. The molecule has 0 amide bonds. The Morgan fingerprint density at radius 3 is 2.37 bits per heavy atom. The average Bonchev–Trinajstić information content (AvgIpc) is 2.88. The summed E-state index contributed by atoms with van der Waals surface area (Å²) in [6, 6.07) is 16.7. The molecule has 1 aliphatic heterocycles. The number of thioether (sulfide) groups is 1. The number of nitrogens with zero attached hydrogens (tertiary/aromatic N) is 1. The van der Waals surface area contributed by atoms with Crippen LogP contribution < -0.4 is 10.1 Å². The van der Waals surface area contributed by atoms with E-state index in [4.69, 9.17) is 9.47 Å². The number of rotatable bonds is 13. The molecule has 2 aromatic carbocycles. The molecule has 0 fully saturated rings. The minimum Gasteiger partial charge on any atom is -0.489 e. The Morgan fingerprint density at radius 2 is 1.66 bits per heavy atom. The fourth-order valence-electron chi connectivity index (χ4n) is 4.40. The minimum atomic E-state index is -0.950. The van der Waals surface area contributed by atoms with Crippen molar-refractivity contribution in [1.29, 1.82) is 0 Å². The van der Waals surface area contributed by atoms with E-state index in [1.54, 1.807) is 45.0 Å². The lowest BCUT2D eigenvalue weighted by atomic mass is 9.83. The number of allylic oxidation sites excluding steroid dienone is 3. The second-order valence-corrected chi connectivity index (χ2v) is 10.3. The average molecular weight is 539 g/mol. The van der Waals surface area contributed by atoms with Crippen molar-refractivity contribution in [2.24, 2.45) is 0 Å². The fraction of sp³-hybridized carbons (Fsp3) is 0.379. The summed E-state index contributed by atoms with van der Waals surface area (Å²) in [6.45, 7) is 5.42. The van der Waals surface area contributed by atoms with E-state index in [2.05, 4.69) is 5.32 Å². The summed E-state index contributed by atoms with van der Waals surface area (Å²) in [5.74, 6) is -0.279. The van der Waals surface area contributed by atoms with Gasteiger partial charge in [-0.2, -0.15) is 0 Å². The molecule has 0 aromatic heterocycles. The van der Waals surface area contributed by atoms with Gasteiger partial charge in [-0.25, -0.2) is 4.79 Å². The van der Waals surface area contributed by atoms with E-state index in [9.17, 15) is 19.7 Å². The second kappa shape index (κ2) is 14.4. The first-order valence-corrected chi connectivity index (χ1v) is 13.7. The molecule has 3 rings (SSSR count). The third-order valence-corrected chi connectivity index (χ3v) is 7.09. The Kier molecular flexibility index (Phi) is 11.0. The van der Waals surface area contributed by atoms with Gasteiger partial charge in [-0.05, 0) is 38.3 Å². The molecule has 0 saturated heterocycles. The summed E-state index contributed by atoms with van der Waals surface area (Å²) < 4.78 is 11.7. The lowest BCUT2D eigenvalue weighted by molar-refractivity contribution is -0.431. The Morgan fingerprint density at radius 1 is 0.974 bits per heavy atom. The molecule has 8 nitrogen and oxygen atoms in total. The highest BCUT2D eigenvalue weighted by Gasteiger charge is 2.42. The number of nitrogens with one attached hydrogen (secondary N) is 1. The van der Waals surface area contributed by atoms with E-state index in [1.165, 1.54) is 11.8 Å². The van der Waals surface area contributed by atoms with Crippen LogP contribution in [0.2, 0.25) is 0 Å². The zero-order valence-corrected chi connectivity index (χ0v) is 22.8. The van der Waals surface area contributed by atoms with Gasteiger partial charge in [0.25, 0.3) is 5.70 Å². The van der Waals surface area contributed by atoms with E-state index in [0.717, 1.165) is 30.6 Å². The number of dihydropyridines is 1. The molecule has 0 bridgehead atoms. The molecule has 2 aromatic rings. The number of para-hydroxylation sites is 1. The van der Waals surface area contributed by atoms with E-state index >= 15 is 0 Å². The van der Waals surface area contributed by atoms with E-state index in [1.807, 2.05) is 30.3 Å². The normalized spacial score (nSPS) is 15.2. The molecule has 1 N–H and O–H groups in total. The topological polar surface area (TPSA) is 108 Å². The van der Waals surface area contributed by atoms with Crippen LogP contribution >= 0.6 is 11.8 Å². The van der Waals surface area contributed by atoms with Crippen LogP contribution in [-0.2, 0) is 20.9 Å². The Bertz CT molecular complexity index is 1210. The second-order valence-electron chi connectivity index (χ2n) is 9.07. The number of hydrogen-bond donors (Lipinski definition) is 1. The third kappa shape index (κ3) is 7.95. The number of ether oxygens (including phenoxy) is 2. The van der Waals surface area contributed by atoms with Gasteiger partial charge in [0, 0.05) is 23.9 Å². The Balaban J connectivity index is 1.77. The summed E-state index contributed by atoms with van der Waals surface area (Å²) >= 11 is 1.32. The highest BCUT2D eigenvalue weighted by Crippen LogP contribution is 2.42. The van der Waals surface area contributed by atoms with E-state index < -0.39 is 16.8 Å². The summed E-state index contributed by atoms with van der Waals surface area (Å²) in [5.41, 5.74) is 2.47. The highest BCUT2D eigenvalue weighted by atomic mass is 32.2. The van der Waals surface area contributed by atoms with Crippen LogP contribution in [0.5, 0.6) is 5.75 Å². The van der Waals surface area contributed by atoms with Gasteiger partial charge in [0.05, 0.1) is 22.8 Å². The van der Waals surface area contributed by atoms with Crippen LogP contribution in [0, 0.1) is 10.1 Å². The van der Waals surface area contributed by atoms with Crippen LogP contribution in [-0.4, -0.2) is 28.4 Å². The lowest BCUT2D eigenvalue weighted by Gasteiger charge is -2.27. The van der Waals surface area contributed by atoms with Crippen molar-refractivity contribution < 1.29 is 24.0 Å². The van der Waals surface area contributed by atoms with Crippen molar-refractivity contribution in [2.45, 2.75) is 59.0 Å². The number of nitro groups is 1. The van der Waals surface area contributed by atoms with Crippen LogP contribution in [0.15, 0.2) is 77.3 Å². The SMILES string of the molecule is CC(=O)SCCCCCCOC(=O)C1=C(C)NC(C)=C([N+](=O)[O-])C1c1ccccc1OCc1ccccc1. The van der Waals surface area contributed by atoms with Gasteiger partial charge in [-0.1, -0.05) is 73.1 Å². The van der Waals surface area contributed by atoms with Crippen molar-refractivity contribution in [3.8, 4) is 5.75 Å². The van der Waals surface area contributed by atoms with Crippen molar-refractivity contribution >= 4 is 22.8 Å². The molecule has 0 saturated carbocycles. The first-order valence-electron chi connectivity index (χ1n) is 12.7. The number of benzene rings is 2. The zero-order valence-electron chi connectivity index (χ0n) is 22.0. The summed E-state index contributed by atoms with van der Waals surface area (Å²) in [4.78, 5) is 36.1. The summed E-state index contributed by atoms with van der Waals surface area (Å²) in [5, 5.41) is 15.3. The molecule has 0 spiro atoms. The molecule has 0 aliphatic carbocycles. The van der Waals surface area contributed by atoms with Crippen LogP contribution in [0.25, 0.3) is 0 Å². The lowest BCUT2D eigenvalue weighted by Crippen LogP contribution is -2.32. The Labute approximate surface area is 227 Å². The maximum atomic E-state index is 13.3.